The molecule has 0 fully saturated rings. The van der Waals surface area contributed by atoms with Crippen molar-refractivity contribution >= 4 is 33.6 Å². The topological polar surface area (TPSA) is 17.8 Å². The number of aromatic nitrogens is 2. The molecule has 0 bridgehead atoms. The van der Waals surface area contributed by atoms with E-state index in [4.69, 9.17) is 0 Å². The second-order valence-corrected chi connectivity index (χ2v) is 4.26. The van der Waals surface area contributed by atoms with E-state index in [9.17, 15) is 13.2 Å². The predicted octanol–water partition coefficient (Wildman–Crippen LogP) is 3.20. The van der Waals surface area contributed by atoms with Gasteiger partial charge in [0, 0.05) is 10.6 Å². The summed E-state index contributed by atoms with van der Waals surface area (Å²) in [5.74, 6) is -0.860. The summed E-state index contributed by atoms with van der Waals surface area (Å²) in [4.78, 5) is 3.61. The van der Waals surface area contributed by atoms with Gasteiger partial charge in [-0.3, -0.25) is 0 Å². The maximum Gasteiger partial charge on any atom is 0.449 e. The number of aryl methyl sites for hydroxylation is 1. The lowest BCUT2D eigenvalue weighted by Crippen LogP contribution is -2.12. The van der Waals surface area contributed by atoms with Crippen LogP contribution in [0.4, 0.5) is 13.2 Å². The molecule has 0 atom stereocenters. The van der Waals surface area contributed by atoms with Crippen molar-refractivity contribution in [3.05, 3.63) is 27.6 Å². The minimum absolute atomic E-state index is 0.396. The standard InChI is InChI=1S/C9H6F3IN2/c1-15-6-4-2-3-5(13)7(6)14-8(15)9(10,11)12/h2-4H,1H3. The fourth-order valence-corrected chi connectivity index (χ4v) is 2.04. The Morgan fingerprint density at radius 1 is 1.33 bits per heavy atom. The van der Waals surface area contributed by atoms with E-state index in [1.807, 2.05) is 22.6 Å². The molecular formula is C9H6F3IN2. The molecule has 6 heteroatoms. The van der Waals surface area contributed by atoms with Crippen LogP contribution in [0, 0.1) is 3.57 Å². The zero-order chi connectivity index (χ0) is 11.2. The Kier molecular flexibility index (Phi) is 2.40. The molecule has 1 aromatic heterocycles. The van der Waals surface area contributed by atoms with Crippen LogP contribution in [0.25, 0.3) is 11.0 Å². The predicted molar refractivity (Wildman–Crippen MR) is 58.4 cm³/mol. The molecule has 1 heterocycles. The van der Waals surface area contributed by atoms with Crippen molar-refractivity contribution in [1.82, 2.24) is 9.55 Å². The molecule has 0 saturated heterocycles. The second-order valence-electron chi connectivity index (χ2n) is 3.10. The first-order chi connectivity index (χ1) is 6.91. The highest BCUT2D eigenvalue weighted by molar-refractivity contribution is 14.1. The van der Waals surface area contributed by atoms with E-state index >= 15 is 0 Å². The Labute approximate surface area is 97.2 Å². The van der Waals surface area contributed by atoms with E-state index in [1.54, 1.807) is 18.2 Å². The molecule has 0 aliphatic heterocycles. The molecular weight excluding hydrogens is 320 g/mol. The lowest BCUT2D eigenvalue weighted by atomic mass is 10.3. The Hall–Kier alpha value is -0.790. The van der Waals surface area contributed by atoms with Gasteiger partial charge in [0.15, 0.2) is 0 Å². The summed E-state index contributed by atoms with van der Waals surface area (Å²) in [6.07, 6.45) is -4.41. The Morgan fingerprint density at radius 3 is 2.53 bits per heavy atom. The van der Waals surface area contributed by atoms with Crippen LogP contribution in [-0.2, 0) is 13.2 Å². The van der Waals surface area contributed by atoms with Crippen molar-refractivity contribution in [2.45, 2.75) is 6.18 Å². The highest BCUT2D eigenvalue weighted by atomic mass is 127. The molecule has 15 heavy (non-hydrogen) atoms. The molecule has 2 rings (SSSR count). The molecule has 0 spiro atoms. The first kappa shape index (κ1) is 10.7. The van der Waals surface area contributed by atoms with Gasteiger partial charge in [-0.1, -0.05) is 6.07 Å². The van der Waals surface area contributed by atoms with Crippen LogP contribution in [0.3, 0.4) is 0 Å². The number of benzene rings is 1. The first-order valence-corrected chi connectivity index (χ1v) is 5.17. The lowest BCUT2D eigenvalue weighted by Gasteiger charge is -2.05. The molecule has 0 radical (unpaired) electrons. The third-order valence-electron chi connectivity index (χ3n) is 2.12. The van der Waals surface area contributed by atoms with Crippen LogP contribution in [0.15, 0.2) is 18.2 Å². The number of nitrogens with zero attached hydrogens (tertiary/aromatic N) is 2. The van der Waals surface area contributed by atoms with Gasteiger partial charge >= 0.3 is 6.18 Å². The number of halogens is 4. The van der Waals surface area contributed by atoms with E-state index in [0.29, 0.717) is 11.0 Å². The number of para-hydroxylation sites is 1. The average molecular weight is 326 g/mol. The van der Waals surface area contributed by atoms with Crippen molar-refractivity contribution in [3.63, 3.8) is 0 Å². The average Bonchev–Trinajstić information content (AvgIpc) is 2.45. The minimum Gasteiger partial charge on any atom is -0.323 e. The fourth-order valence-electron chi connectivity index (χ4n) is 1.43. The van der Waals surface area contributed by atoms with E-state index in [2.05, 4.69) is 4.98 Å². The van der Waals surface area contributed by atoms with Gasteiger partial charge in [0.25, 0.3) is 0 Å². The van der Waals surface area contributed by atoms with E-state index in [0.717, 1.165) is 8.14 Å². The van der Waals surface area contributed by atoms with Crippen LogP contribution in [0.1, 0.15) is 5.82 Å². The monoisotopic (exact) mass is 326 g/mol. The SMILES string of the molecule is Cn1c(C(F)(F)F)nc2c(I)cccc21. The van der Waals surface area contributed by atoms with E-state index < -0.39 is 12.0 Å². The van der Waals surface area contributed by atoms with Gasteiger partial charge in [0.1, 0.15) is 5.52 Å². The quantitative estimate of drug-likeness (QED) is 0.680. The highest BCUT2D eigenvalue weighted by Gasteiger charge is 2.36. The molecule has 0 saturated carbocycles. The van der Waals surface area contributed by atoms with Crippen molar-refractivity contribution in [1.29, 1.82) is 0 Å². The zero-order valence-electron chi connectivity index (χ0n) is 7.64. The summed E-state index contributed by atoms with van der Waals surface area (Å²) in [7, 11) is 1.37. The molecule has 0 unspecified atom stereocenters. The molecule has 0 aliphatic carbocycles. The van der Waals surface area contributed by atoms with Gasteiger partial charge in [0.2, 0.25) is 5.82 Å². The molecule has 1 aromatic carbocycles. The number of hydrogen-bond donors (Lipinski definition) is 0. The molecule has 80 valence electrons. The first-order valence-electron chi connectivity index (χ1n) is 4.09. The van der Waals surface area contributed by atoms with E-state index in [-0.39, 0.29) is 0 Å². The third kappa shape index (κ3) is 1.70. The number of alkyl halides is 3. The van der Waals surface area contributed by atoms with Crippen LogP contribution < -0.4 is 0 Å². The van der Waals surface area contributed by atoms with Crippen molar-refractivity contribution < 1.29 is 13.2 Å². The second kappa shape index (κ2) is 3.36. The molecule has 0 N–H and O–H groups in total. The fraction of sp³-hybridized carbons (Fsp3) is 0.222. The summed E-state index contributed by atoms with van der Waals surface area (Å²) >= 11 is 1.97. The third-order valence-corrected chi connectivity index (χ3v) is 2.99. The van der Waals surface area contributed by atoms with Crippen LogP contribution in [-0.4, -0.2) is 9.55 Å². The highest BCUT2D eigenvalue weighted by Crippen LogP contribution is 2.31. The van der Waals surface area contributed by atoms with Crippen LogP contribution in [0.5, 0.6) is 0 Å². The summed E-state index contributed by atoms with van der Waals surface area (Å²) < 4.78 is 39.4. The molecule has 0 aliphatic rings. The maximum atomic E-state index is 12.5. The largest absolute Gasteiger partial charge is 0.449 e. The van der Waals surface area contributed by atoms with Gasteiger partial charge in [-0.2, -0.15) is 13.2 Å². The smallest absolute Gasteiger partial charge is 0.323 e. The lowest BCUT2D eigenvalue weighted by molar-refractivity contribution is -0.146. The van der Waals surface area contributed by atoms with Gasteiger partial charge in [-0.15, -0.1) is 0 Å². The number of imidazole rings is 1. The number of hydrogen-bond acceptors (Lipinski definition) is 1. The molecule has 2 nitrogen and oxygen atoms in total. The minimum atomic E-state index is -4.41. The number of fused-ring (bicyclic) bond motifs is 1. The summed E-state index contributed by atoms with van der Waals surface area (Å²) in [5.41, 5.74) is 0.891. The van der Waals surface area contributed by atoms with Gasteiger partial charge in [-0.25, -0.2) is 4.98 Å². The van der Waals surface area contributed by atoms with Gasteiger partial charge in [-0.05, 0) is 34.7 Å². The van der Waals surface area contributed by atoms with Crippen molar-refractivity contribution in [2.24, 2.45) is 7.05 Å². The normalized spacial score (nSPS) is 12.3. The van der Waals surface area contributed by atoms with E-state index in [1.165, 1.54) is 7.05 Å². The van der Waals surface area contributed by atoms with Gasteiger partial charge in [0.05, 0.1) is 5.52 Å². The van der Waals surface area contributed by atoms with Crippen LogP contribution in [0.2, 0.25) is 0 Å². The zero-order valence-corrected chi connectivity index (χ0v) is 9.80. The Morgan fingerprint density at radius 2 is 2.00 bits per heavy atom. The summed E-state index contributed by atoms with van der Waals surface area (Å²) in [6, 6.07) is 5.07. The summed E-state index contributed by atoms with van der Waals surface area (Å²) in [5, 5.41) is 0. The van der Waals surface area contributed by atoms with Crippen molar-refractivity contribution in [3.8, 4) is 0 Å². The molecule has 0 amide bonds. The summed E-state index contributed by atoms with van der Waals surface area (Å²) in [6.45, 7) is 0. The maximum absolute atomic E-state index is 12.5. The Bertz CT molecular complexity index is 516. The van der Waals surface area contributed by atoms with Crippen molar-refractivity contribution in [2.75, 3.05) is 0 Å². The van der Waals surface area contributed by atoms with Gasteiger partial charge < -0.3 is 4.57 Å². The number of rotatable bonds is 0. The Balaban J connectivity index is 2.81. The molecule has 2 aromatic rings. The van der Waals surface area contributed by atoms with Crippen LogP contribution >= 0.6 is 22.6 Å².